The van der Waals surface area contributed by atoms with Crippen molar-refractivity contribution in [3.8, 4) is 11.6 Å². The Labute approximate surface area is 177 Å². The number of hydrogen-bond donors (Lipinski definition) is 0. The Kier molecular flexibility index (Phi) is 8.65. The van der Waals surface area contributed by atoms with Crippen molar-refractivity contribution in [2.75, 3.05) is 13.1 Å². The number of amides is 1. The molecule has 0 fully saturated rings. The van der Waals surface area contributed by atoms with Crippen molar-refractivity contribution in [1.82, 2.24) is 14.9 Å². The Morgan fingerprint density at radius 2 is 1.97 bits per heavy atom. The molecule has 1 amide bonds. The number of carbonyl (C=O) groups excluding carboxylic acids is 1. The van der Waals surface area contributed by atoms with Gasteiger partial charge in [0.25, 0.3) is 5.91 Å². The van der Waals surface area contributed by atoms with Gasteiger partial charge in [-0.3, -0.25) is 14.8 Å². The van der Waals surface area contributed by atoms with Crippen molar-refractivity contribution >= 4 is 17.2 Å². The quantitative estimate of drug-likeness (QED) is 0.526. The van der Waals surface area contributed by atoms with Gasteiger partial charge in [0.1, 0.15) is 5.71 Å². The first-order chi connectivity index (χ1) is 14.4. The molecule has 0 spiro atoms. The summed E-state index contributed by atoms with van der Waals surface area (Å²) < 4.78 is 20.0. The highest BCUT2D eigenvalue weighted by Crippen LogP contribution is 2.27. The zero-order valence-corrected chi connectivity index (χ0v) is 18.3. The van der Waals surface area contributed by atoms with Crippen LogP contribution in [-0.4, -0.2) is 39.6 Å². The van der Waals surface area contributed by atoms with E-state index in [4.69, 9.17) is 4.74 Å². The van der Waals surface area contributed by atoms with Crippen LogP contribution in [0.4, 0.5) is 4.39 Å². The minimum atomic E-state index is -0.515. The first-order valence-corrected chi connectivity index (χ1v) is 10.1. The topological polar surface area (TPSA) is 67.7 Å². The molecule has 30 heavy (non-hydrogen) atoms. The highest BCUT2D eigenvalue weighted by Gasteiger charge is 2.15. The number of halogens is 1. The molecular formula is C23H29FN4O2. The van der Waals surface area contributed by atoms with E-state index in [1.165, 1.54) is 24.7 Å². The lowest BCUT2D eigenvalue weighted by Gasteiger charge is -2.20. The van der Waals surface area contributed by atoms with Crippen molar-refractivity contribution < 1.29 is 13.9 Å². The summed E-state index contributed by atoms with van der Waals surface area (Å²) in [7, 11) is 0. The second kappa shape index (κ2) is 11.2. The molecule has 0 unspecified atom stereocenters. The van der Waals surface area contributed by atoms with E-state index in [1.54, 1.807) is 24.0 Å². The number of nitrogens with zero attached hydrogens (tertiary/aromatic N) is 4. The minimum absolute atomic E-state index is 0.0640. The van der Waals surface area contributed by atoms with Gasteiger partial charge in [-0.2, -0.15) is 0 Å². The van der Waals surface area contributed by atoms with Gasteiger partial charge < -0.3 is 9.64 Å². The van der Waals surface area contributed by atoms with Gasteiger partial charge in [0.05, 0.1) is 6.20 Å². The Morgan fingerprint density at radius 1 is 1.20 bits per heavy atom. The van der Waals surface area contributed by atoms with E-state index < -0.39 is 5.82 Å². The number of unbranched alkanes of at least 4 members (excludes halogenated alkanes) is 1. The smallest absolute Gasteiger partial charge is 0.267 e. The maximum atomic E-state index is 14.5. The highest BCUT2D eigenvalue weighted by atomic mass is 19.1. The van der Waals surface area contributed by atoms with Gasteiger partial charge in [0, 0.05) is 31.2 Å². The molecule has 0 aliphatic rings. The molecular weight excluding hydrogens is 383 g/mol. The number of hydrogen-bond acceptors (Lipinski definition) is 5. The third-order valence-corrected chi connectivity index (χ3v) is 4.76. The third kappa shape index (κ3) is 6.20. The van der Waals surface area contributed by atoms with Crippen molar-refractivity contribution in [1.29, 1.82) is 0 Å². The Balaban J connectivity index is 2.20. The summed E-state index contributed by atoms with van der Waals surface area (Å²) in [4.78, 5) is 26.8. The molecule has 0 radical (unpaired) electrons. The monoisotopic (exact) mass is 412 g/mol. The van der Waals surface area contributed by atoms with E-state index in [1.807, 2.05) is 20.8 Å². The predicted octanol–water partition coefficient (Wildman–Crippen LogP) is 5.27. The summed E-state index contributed by atoms with van der Waals surface area (Å²) in [5.74, 6) is -0.306. The molecule has 7 heteroatoms. The van der Waals surface area contributed by atoms with Gasteiger partial charge in [-0.25, -0.2) is 9.37 Å². The van der Waals surface area contributed by atoms with Crippen LogP contribution in [0, 0.1) is 5.82 Å². The van der Waals surface area contributed by atoms with Gasteiger partial charge in [-0.05, 0) is 57.4 Å². The highest BCUT2D eigenvalue weighted by molar-refractivity contribution is 6.38. The van der Waals surface area contributed by atoms with Crippen LogP contribution in [-0.2, 0) is 4.79 Å². The molecule has 0 aliphatic carbocycles. The third-order valence-electron chi connectivity index (χ3n) is 4.76. The summed E-state index contributed by atoms with van der Waals surface area (Å²) in [5.41, 5.74) is 2.53. The van der Waals surface area contributed by atoms with Crippen LogP contribution in [0.15, 0.2) is 47.5 Å². The van der Waals surface area contributed by atoms with E-state index in [9.17, 15) is 9.18 Å². The molecule has 1 heterocycles. The fourth-order valence-electron chi connectivity index (χ4n) is 2.84. The van der Waals surface area contributed by atoms with Gasteiger partial charge >= 0.3 is 0 Å². The van der Waals surface area contributed by atoms with E-state index in [0.29, 0.717) is 23.5 Å². The van der Waals surface area contributed by atoms with Crippen LogP contribution >= 0.6 is 0 Å². The molecule has 160 valence electrons. The SMILES string of the molecule is CCCCN(CC)C(=O)C(C)=N/C(C)=C(\C)c1ccc(Oc2cnccn2)c(F)c1. The number of rotatable bonds is 9. The average molecular weight is 413 g/mol. The first kappa shape index (κ1) is 23.2. The normalized spacial score (nSPS) is 12.4. The van der Waals surface area contributed by atoms with Gasteiger partial charge in [0.15, 0.2) is 11.6 Å². The molecule has 0 bridgehead atoms. The molecule has 2 rings (SSSR count). The number of carbonyl (C=O) groups is 1. The number of aromatic nitrogens is 2. The lowest BCUT2D eigenvalue weighted by atomic mass is 10.1. The van der Waals surface area contributed by atoms with E-state index in [-0.39, 0.29) is 17.5 Å². The molecule has 0 atom stereocenters. The van der Waals surface area contributed by atoms with Crippen molar-refractivity contribution in [2.24, 2.45) is 4.99 Å². The number of ether oxygens (including phenoxy) is 1. The predicted molar refractivity (Wildman–Crippen MR) is 117 cm³/mol. The summed E-state index contributed by atoms with van der Waals surface area (Å²) in [6.07, 6.45) is 6.39. The lowest BCUT2D eigenvalue weighted by molar-refractivity contribution is -0.124. The van der Waals surface area contributed by atoms with Crippen LogP contribution < -0.4 is 4.74 Å². The largest absolute Gasteiger partial charge is 0.434 e. The van der Waals surface area contributed by atoms with E-state index in [0.717, 1.165) is 25.0 Å². The standard InChI is InChI=1S/C23H29FN4O2/c1-6-8-13-28(7-2)23(29)18(5)27-17(4)16(3)19-9-10-21(20(24)14-19)30-22-15-25-11-12-26-22/h9-12,14-15H,6-8,13H2,1-5H3/b17-16+,27-18?. The average Bonchev–Trinajstić information content (AvgIpc) is 2.75. The van der Waals surface area contributed by atoms with Crippen molar-refractivity contribution in [3.05, 3.63) is 53.9 Å². The van der Waals surface area contributed by atoms with Crippen LogP contribution in [0.3, 0.4) is 0 Å². The molecule has 0 N–H and O–H groups in total. The number of aliphatic imine (C=N–C) groups is 1. The summed E-state index contributed by atoms with van der Waals surface area (Å²) in [6.45, 7) is 10.8. The lowest BCUT2D eigenvalue weighted by Crippen LogP contribution is -2.36. The fourth-order valence-corrected chi connectivity index (χ4v) is 2.84. The molecule has 0 saturated carbocycles. The Morgan fingerprint density at radius 3 is 2.57 bits per heavy atom. The molecule has 6 nitrogen and oxygen atoms in total. The number of benzene rings is 1. The maximum Gasteiger partial charge on any atom is 0.267 e. The molecule has 1 aromatic heterocycles. The van der Waals surface area contributed by atoms with Crippen LogP contribution in [0.5, 0.6) is 11.6 Å². The van der Waals surface area contributed by atoms with Crippen LogP contribution in [0.1, 0.15) is 53.0 Å². The van der Waals surface area contributed by atoms with Crippen LogP contribution in [0.25, 0.3) is 5.57 Å². The molecule has 0 aliphatic heterocycles. The van der Waals surface area contributed by atoms with Crippen molar-refractivity contribution in [3.63, 3.8) is 0 Å². The number of allylic oxidation sites excluding steroid dienone is 2. The molecule has 0 saturated heterocycles. The van der Waals surface area contributed by atoms with Gasteiger partial charge in [0.2, 0.25) is 5.88 Å². The Bertz CT molecular complexity index is 926. The van der Waals surface area contributed by atoms with Gasteiger partial charge in [-0.15, -0.1) is 0 Å². The summed E-state index contributed by atoms with van der Waals surface area (Å²) in [6, 6.07) is 4.68. The van der Waals surface area contributed by atoms with Crippen LogP contribution in [0.2, 0.25) is 0 Å². The second-order valence-electron chi connectivity index (χ2n) is 6.94. The molecule has 2 aromatic rings. The van der Waals surface area contributed by atoms with Crippen molar-refractivity contribution in [2.45, 2.75) is 47.5 Å². The summed E-state index contributed by atoms with van der Waals surface area (Å²) >= 11 is 0. The fraction of sp³-hybridized carbons (Fsp3) is 0.391. The second-order valence-corrected chi connectivity index (χ2v) is 6.94. The van der Waals surface area contributed by atoms with E-state index >= 15 is 0 Å². The van der Waals surface area contributed by atoms with E-state index in [2.05, 4.69) is 21.9 Å². The minimum Gasteiger partial charge on any atom is -0.434 e. The Hall–Kier alpha value is -3.09. The maximum absolute atomic E-state index is 14.5. The zero-order valence-electron chi connectivity index (χ0n) is 18.3. The molecule has 1 aromatic carbocycles. The first-order valence-electron chi connectivity index (χ1n) is 10.1. The summed E-state index contributed by atoms with van der Waals surface area (Å²) in [5, 5.41) is 0. The zero-order chi connectivity index (χ0) is 22.1. The van der Waals surface area contributed by atoms with Gasteiger partial charge in [-0.1, -0.05) is 19.4 Å².